The molecule has 2 fully saturated rings. The summed E-state index contributed by atoms with van der Waals surface area (Å²) in [6.45, 7) is 1.22. The highest BCUT2D eigenvalue weighted by Crippen LogP contribution is 2.26. The van der Waals surface area contributed by atoms with Crippen LogP contribution >= 0.6 is 0 Å². The molecular formula is C20H20N4O3. The van der Waals surface area contributed by atoms with E-state index in [-0.39, 0.29) is 30.4 Å². The topological polar surface area (TPSA) is 73.8 Å². The van der Waals surface area contributed by atoms with Crippen molar-refractivity contribution in [2.75, 3.05) is 24.5 Å². The van der Waals surface area contributed by atoms with Crippen molar-refractivity contribution >= 4 is 23.5 Å². The lowest BCUT2D eigenvalue weighted by molar-refractivity contribution is -0.116. The Morgan fingerprint density at radius 1 is 0.963 bits per heavy atom. The minimum absolute atomic E-state index is 0.0226. The molecule has 2 aromatic rings. The summed E-state index contributed by atoms with van der Waals surface area (Å²) in [5.41, 5.74) is 1.21. The number of carbonyl (C=O) groups excluding carboxylic acids is 3. The maximum absolute atomic E-state index is 12.8. The van der Waals surface area contributed by atoms with Gasteiger partial charge in [0.15, 0.2) is 0 Å². The number of pyridine rings is 1. The second-order valence-electron chi connectivity index (χ2n) is 6.73. The van der Waals surface area contributed by atoms with Crippen LogP contribution in [-0.2, 0) is 4.79 Å². The van der Waals surface area contributed by atoms with Crippen LogP contribution < -0.4 is 4.90 Å². The van der Waals surface area contributed by atoms with Gasteiger partial charge in [0.05, 0.1) is 5.69 Å². The van der Waals surface area contributed by atoms with E-state index < -0.39 is 0 Å². The van der Waals surface area contributed by atoms with E-state index in [0.29, 0.717) is 37.2 Å². The van der Waals surface area contributed by atoms with Gasteiger partial charge in [0.1, 0.15) is 6.54 Å². The fourth-order valence-electron chi connectivity index (χ4n) is 3.69. The second kappa shape index (κ2) is 7.19. The maximum atomic E-state index is 12.8. The average Bonchev–Trinajstić information content (AvgIpc) is 3.03. The van der Waals surface area contributed by atoms with Gasteiger partial charge in [0, 0.05) is 37.1 Å². The molecule has 0 spiro atoms. The number of nitrogens with zero attached hydrogens (tertiary/aromatic N) is 4. The Kier molecular flexibility index (Phi) is 4.58. The SMILES string of the molecule is O=C(c1ccncc1)N1CCC(N2CC(=O)N(c3ccccc3)C2=O)CC1. The molecule has 138 valence electrons. The number of urea groups is 1. The van der Waals surface area contributed by atoms with Gasteiger partial charge in [-0.25, -0.2) is 9.69 Å². The van der Waals surface area contributed by atoms with Crippen LogP contribution in [0.3, 0.4) is 0 Å². The van der Waals surface area contributed by atoms with E-state index in [4.69, 9.17) is 0 Å². The van der Waals surface area contributed by atoms with E-state index >= 15 is 0 Å². The fourth-order valence-corrected chi connectivity index (χ4v) is 3.69. The van der Waals surface area contributed by atoms with Gasteiger partial charge >= 0.3 is 6.03 Å². The van der Waals surface area contributed by atoms with Crippen molar-refractivity contribution in [2.24, 2.45) is 0 Å². The monoisotopic (exact) mass is 364 g/mol. The number of carbonyl (C=O) groups is 3. The molecule has 0 saturated carbocycles. The average molecular weight is 364 g/mol. The third-order valence-corrected chi connectivity index (χ3v) is 5.13. The van der Waals surface area contributed by atoms with Crippen molar-refractivity contribution in [1.82, 2.24) is 14.8 Å². The first kappa shape index (κ1) is 17.2. The first-order valence-electron chi connectivity index (χ1n) is 9.03. The summed E-state index contributed by atoms with van der Waals surface area (Å²) in [4.78, 5) is 46.3. The Labute approximate surface area is 157 Å². The Morgan fingerprint density at radius 2 is 1.63 bits per heavy atom. The van der Waals surface area contributed by atoms with Crippen molar-refractivity contribution in [3.8, 4) is 0 Å². The van der Waals surface area contributed by atoms with Crippen LogP contribution in [0.4, 0.5) is 10.5 Å². The molecule has 0 atom stereocenters. The molecular weight excluding hydrogens is 344 g/mol. The second-order valence-corrected chi connectivity index (χ2v) is 6.73. The fraction of sp³-hybridized carbons (Fsp3) is 0.300. The zero-order valence-electron chi connectivity index (χ0n) is 14.8. The summed E-state index contributed by atoms with van der Waals surface area (Å²) in [6.07, 6.45) is 4.54. The number of para-hydroxylation sites is 1. The molecule has 7 heteroatoms. The zero-order chi connectivity index (χ0) is 18.8. The van der Waals surface area contributed by atoms with Crippen LogP contribution in [0.1, 0.15) is 23.2 Å². The molecule has 0 unspecified atom stereocenters. The number of aromatic nitrogens is 1. The van der Waals surface area contributed by atoms with Crippen LogP contribution in [-0.4, -0.2) is 58.3 Å². The summed E-state index contributed by atoms with van der Waals surface area (Å²) in [7, 11) is 0. The largest absolute Gasteiger partial charge is 0.338 e. The minimum atomic E-state index is -0.273. The standard InChI is InChI=1S/C20H20N4O3/c25-18-14-23(20(27)24(18)17-4-2-1-3-5-17)16-8-12-22(13-9-16)19(26)15-6-10-21-11-7-15/h1-7,10-11,16H,8-9,12-14H2. The van der Waals surface area contributed by atoms with Gasteiger partial charge in [-0.2, -0.15) is 0 Å². The molecule has 0 N–H and O–H groups in total. The molecule has 0 bridgehead atoms. The van der Waals surface area contributed by atoms with E-state index in [9.17, 15) is 14.4 Å². The first-order chi connectivity index (χ1) is 13.1. The molecule has 1 aromatic carbocycles. The molecule has 0 aliphatic carbocycles. The van der Waals surface area contributed by atoms with Gasteiger partial charge in [0.2, 0.25) is 0 Å². The van der Waals surface area contributed by atoms with E-state index in [1.165, 1.54) is 4.90 Å². The van der Waals surface area contributed by atoms with Crippen LogP contribution in [0.25, 0.3) is 0 Å². The molecule has 3 heterocycles. The number of piperidine rings is 1. The van der Waals surface area contributed by atoms with E-state index in [1.54, 1.807) is 46.5 Å². The third-order valence-electron chi connectivity index (χ3n) is 5.13. The molecule has 1 aromatic heterocycles. The molecule has 27 heavy (non-hydrogen) atoms. The van der Waals surface area contributed by atoms with Gasteiger partial charge in [-0.3, -0.25) is 14.6 Å². The highest BCUT2D eigenvalue weighted by Gasteiger charge is 2.41. The summed E-state index contributed by atoms with van der Waals surface area (Å²) >= 11 is 0. The van der Waals surface area contributed by atoms with E-state index in [1.807, 2.05) is 18.2 Å². The van der Waals surface area contributed by atoms with Gasteiger partial charge in [-0.05, 0) is 37.1 Å². The lowest BCUT2D eigenvalue weighted by atomic mass is 10.0. The lowest BCUT2D eigenvalue weighted by Gasteiger charge is -2.36. The summed E-state index contributed by atoms with van der Waals surface area (Å²) in [5, 5.41) is 0. The Hall–Kier alpha value is -3.22. The Balaban J connectivity index is 1.41. The smallest absolute Gasteiger partial charge is 0.332 e. The number of hydrogen-bond acceptors (Lipinski definition) is 4. The summed E-state index contributed by atoms with van der Waals surface area (Å²) in [5.74, 6) is -0.230. The predicted octanol–water partition coefficient (Wildman–Crippen LogP) is 2.16. The molecule has 2 saturated heterocycles. The molecule has 4 rings (SSSR count). The van der Waals surface area contributed by atoms with Crippen LogP contribution in [0.2, 0.25) is 0 Å². The van der Waals surface area contributed by atoms with E-state index in [0.717, 1.165) is 0 Å². The Bertz CT molecular complexity index is 848. The first-order valence-corrected chi connectivity index (χ1v) is 9.03. The zero-order valence-corrected chi connectivity index (χ0v) is 14.8. The van der Waals surface area contributed by atoms with Crippen molar-refractivity contribution in [1.29, 1.82) is 0 Å². The van der Waals surface area contributed by atoms with E-state index in [2.05, 4.69) is 4.98 Å². The number of anilines is 1. The quantitative estimate of drug-likeness (QED) is 0.783. The normalized spacial score (nSPS) is 18.3. The Morgan fingerprint density at radius 3 is 2.30 bits per heavy atom. The minimum Gasteiger partial charge on any atom is -0.338 e. The number of hydrogen-bond donors (Lipinski definition) is 0. The van der Waals surface area contributed by atoms with Gasteiger partial charge in [-0.1, -0.05) is 18.2 Å². The number of imide groups is 1. The van der Waals surface area contributed by atoms with Gasteiger partial charge in [-0.15, -0.1) is 0 Å². The van der Waals surface area contributed by atoms with Crippen LogP contribution in [0.15, 0.2) is 54.9 Å². The number of likely N-dealkylation sites (tertiary alicyclic amines) is 1. The van der Waals surface area contributed by atoms with Crippen LogP contribution in [0.5, 0.6) is 0 Å². The molecule has 7 nitrogen and oxygen atoms in total. The number of amides is 4. The third kappa shape index (κ3) is 3.28. The van der Waals surface area contributed by atoms with Gasteiger partial charge < -0.3 is 9.80 Å². The molecule has 4 amide bonds. The van der Waals surface area contributed by atoms with Crippen molar-refractivity contribution < 1.29 is 14.4 Å². The predicted molar refractivity (Wildman–Crippen MR) is 99.2 cm³/mol. The summed E-state index contributed by atoms with van der Waals surface area (Å²) in [6, 6.07) is 12.1. The highest BCUT2D eigenvalue weighted by molar-refractivity contribution is 6.19. The van der Waals surface area contributed by atoms with Crippen LogP contribution in [0, 0.1) is 0 Å². The number of rotatable bonds is 3. The molecule has 0 radical (unpaired) electrons. The molecule has 2 aliphatic rings. The maximum Gasteiger partial charge on any atom is 0.332 e. The summed E-state index contributed by atoms with van der Waals surface area (Å²) < 4.78 is 0. The molecule has 2 aliphatic heterocycles. The van der Waals surface area contributed by atoms with Crippen molar-refractivity contribution in [2.45, 2.75) is 18.9 Å². The van der Waals surface area contributed by atoms with Crippen molar-refractivity contribution in [3.63, 3.8) is 0 Å². The van der Waals surface area contributed by atoms with Crippen molar-refractivity contribution in [3.05, 3.63) is 60.4 Å². The highest BCUT2D eigenvalue weighted by atomic mass is 16.2. The number of benzene rings is 1. The van der Waals surface area contributed by atoms with Gasteiger partial charge in [0.25, 0.3) is 11.8 Å². The lowest BCUT2D eigenvalue weighted by Crippen LogP contribution is -2.48.